The maximum atomic E-state index is 13.8. The number of benzene rings is 1. The Kier molecular flexibility index (Phi) is 9.43. The Morgan fingerprint density at radius 1 is 1.24 bits per heavy atom. The molecule has 1 heterocycles. The van der Waals surface area contributed by atoms with Crippen molar-refractivity contribution in [2.24, 2.45) is 4.99 Å². The lowest BCUT2D eigenvalue weighted by Gasteiger charge is -2.20. The fourth-order valence-corrected chi connectivity index (χ4v) is 3.13. The maximum Gasteiger partial charge on any atom is 0.243 e. The number of para-hydroxylation sites is 1. The zero-order chi connectivity index (χ0) is 21.1. The van der Waals surface area contributed by atoms with Crippen LogP contribution in [0.1, 0.15) is 18.2 Å². The molecule has 8 heteroatoms. The van der Waals surface area contributed by atoms with E-state index in [1.807, 2.05) is 18.4 Å². The first-order chi connectivity index (χ1) is 14.0. The summed E-state index contributed by atoms with van der Waals surface area (Å²) in [7, 11) is 3.40. The van der Waals surface area contributed by atoms with Gasteiger partial charge in [-0.3, -0.25) is 4.79 Å². The molecule has 0 spiro atoms. The van der Waals surface area contributed by atoms with Gasteiger partial charge in [-0.1, -0.05) is 25.1 Å². The first-order valence-electron chi connectivity index (χ1n) is 9.65. The van der Waals surface area contributed by atoms with E-state index in [1.54, 1.807) is 43.6 Å². The topological polar surface area (TPSA) is 66.0 Å². The van der Waals surface area contributed by atoms with Crippen LogP contribution in [0.3, 0.4) is 0 Å². The SMILES string of the molecule is CCC(CNC(=NCC(=O)N(C)C)NCCc1cccs1)Oc1ccccc1F. The van der Waals surface area contributed by atoms with E-state index in [4.69, 9.17) is 4.74 Å². The molecule has 0 aliphatic carbocycles. The third kappa shape index (κ3) is 8.11. The number of nitrogens with zero attached hydrogens (tertiary/aromatic N) is 2. The van der Waals surface area contributed by atoms with Crippen LogP contribution in [-0.2, 0) is 11.2 Å². The summed E-state index contributed by atoms with van der Waals surface area (Å²) >= 11 is 1.70. The van der Waals surface area contributed by atoms with Crippen molar-refractivity contribution >= 4 is 23.2 Å². The minimum absolute atomic E-state index is 0.0479. The van der Waals surface area contributed by atoms with Gasteiger partial charge in [0.25, 0.3) is 0 Å². The molecule has 0 saturated carbocycles. The number of rotatable bonds is 10. The summed E-state index contributed by atoms with van der Waals surface area (Å²) in [4.78, 5) is 19.0. The van der Waals surface area contributed by atoms with Crippen molar-refractivity contribution in [3.63, 3.8) is 0 Å². The Morgan fingerprint density at radius 2 is 2.03 bits per heavy atom. The second-order valence-corrected chi connectivity index (χ2v) is 7.70. The number of ether oxygens (including phenoxy) is 1. The molecule has 0 aliphatic rings. The molecule has 0 fully saturated rings. The Balaban J connectivity index is 1.93. The molecule has 2 N–H and O–H groups in total. The highest BCUT2D eigenvalue weighted by atomic mass is 32.1. The molecule has 2 aromatic rings. The van der Waals surface area contributed by atoms with Crippen molar-refractivity contribution in [2.75, 3.05) is 33.7 Å². The molecular formula is C21H29FN4O2S. The second kappa shape index (κ2) is 12.1. The molecule has 0 aliphatic heterocycles. The molecule has 0 saturated heterocycles. The van der Waals surface area contributed by atoms with Crippen molar-refractivity contribution in [3.05, 3.63) is 52.5 Å². The lowest BCUT2D eigenvalue weighted by molar-refractivity contribution is -0.127. The van der Waals surface area contributed by atoms with Gasteiger partial charge >= 0.3 is 0 Å². The number of hydrogen-bond acceptors (Lipinski definition) is 4. The fourth-order valence-electron chi connectivity index (χ4n) is 2.42. The van der Waals surface area contributed by atoms with Crippen LogP contribution in [0.15, 0.2) is 46.8 Å². The van der Waals surface area contributed by atoms with E-state index in [9.17, 15) is 9.18 Å². The summed E-state index contributed by atoms with van der Waals surface area (Å²) in [6.45, 7) is 3.15. The number of nitrogens with one attached hydrogen (secondary N) is 2. The van der Waals surface area contributed by atoms with Crippen molar-refractivity contribution in [3.8, 4) is 5.75 Å². The second-order valence-electron chi connectivity index (χ2n) is 6.67. The summed E-state index contributed by atoms with van der Waals surface area (Å²) in [5, 5.41) is 8.51. The number of hydrogen-bond donors (Lipinski definition) is 2. The van der Waals surface area contributed by atoms with E-state index in [2.05, 4.69) is 21.7 Å². The number of carbonyl (C=O) groups is 1. The zero-order valence-electron chi connectivity index (χ0n) is 17.2. The van der Waals surface area contributed by atoms with E-state index in [-0.39, 0.29) is 30.1 Å². The molecule has 1 aromatic carbocycles. The third-order valence-electron chi connectivity index (χ3n) is 4.20. The Labute approximate surface area is 175 Å². The van der Waals surface area contributed by atoms with Crippen molar-refractivity contribution in [1.29, 1.82) is 0 Å². The molecule has 158 valence electrons. The van der Waals surface area contributed by atoms with E-state index < -0.39 is 0 Å². The average molecular weight is 421 g/mol. The molecule has 2 rings (SSSR count). The van der Waals surface area contributed by atoms with Crippen LogP contribution in [-0.4, -0.2) is 56.6 Å². The highest BCUT2D eigenvalue weighted by Crippen LogP contribution is 2.17. The summed E-state index contributed by atoms with van der Waals surface area (Å²) in [5.41, 5.74) is 0. The summed E-state index contributed by atoms with van der Waals surface area (Å²) in [6.07, 6.45) is 1.32. The van der Waals surface area contributed by atoms with Gasteiger partial charge in [0.15, 0.2) is 17.5 Å². The standard InChI is InChI=1S/C21H29FN4O2S/c1-4-16(28-19-10-6-5-9-18(19)22)14-24-21(25-15-20(27)26(2)3)23-12-11-17-8-7-13-29-17/h5-10,13,16H,4,11-12,14-15H2,1-3H3,(H2,23,24,25). The molecule has 1 atom stereocenters. The minimum Gasteiger partial charge on any atom is -0.486 e. The highest BCUT2D eigenvalue weighted by Gasteiger charge is 2.12. The van der Waals surface area contributed by atoms with Gasteiger partial charge in [0.05, 0.1) is 6.54 Å². The summed E-state index contributed by atoms with van der Waals surface area (Å²) in [6, 6.07) is 10.5. The lowest BCUT2D eigenvalue weighted by Crippen LogP contribution is -2.43. The predicted molar refractivity (Wildman–Crippen MR) is 116 cm³/mol. The largest absolute Gasteiger partial charge is 0.486 e. The van der Waals surface area contributed by atoms with Crippen molar-refractivity contribution < 1.29 is 13.9 Å². The number of halogens is 1. The zero-order valence-corrected chi connectivity index (χ0v) is 18.0. The molecule has 1 amide bonds. The van der Waals surface area contributed by atoms with Gasteiger partial charge in [0.2, 0.25) is 5.91 Å². The van der Waals surface area contributed by atoms with Crippen molar-refractivity contribution in [2.45, 2.75) is 25.9 Å². The van der Waals surface area contributed by atoms with Crippen LogP contribution in [0.2, 0.25) is 0 Å². The Morgan fingerprint density at radius 3 is 2.69 bits per heavy atom. The smallest absolute Gasteiger partial charge is 0.243 e. The van der Waals surface area contributed by atoms with Crippen LogP contribution in [0, 0.1) is 5.82 Å². The van der Waals surface area contributed by atoms with Crippen LogP contribution < -0.4 is 15.4 Å². The van der Waals surface area contributed by atoms with Crippen molar-refractivity contribution in [1.82, 2.24) is 15.5 Å². The molecule has 0 bridgehead atoms. The van der Waals surface area contributed by atoms with E-state index in [1.165, 1.54) is 15.8 Å². The fraction of sp³-hybridized carbons (Fsp3) is 0.429. The van der Waals surface area contributed by atoms with Gasteiger partial charge in [-0.15, -0.1) is 11.3 Å². The van der Waals surface area contributed by atoms with Gasteiger partial charge in [0, 0.05) is 25.5 Å². The number of aliphatic imine (C=N–C) groups is 1. The number of amides is 1. The van der Waals surface area contributed by atoms with Crippen LogP contribution in [0.5, 0.6) is 5.75 Å². The van der Waals surface area contributed by atoms with E-state index in [0.717, 1.165) is 6.42 Å². The number of likely N-dealkylation sites (N-methyl/N-ethyl adjacent to an activating group) is 1. The van der Waals surface area contributed by atoms with Crippen LogP contribution in [0.25, 0.3) is 0 Å². The Bertz CT molecular complexity index is 781. The number of carbonyl (C=O) groups excluding carboxylic acids is 1. The number of guanidine groups is 1. The molecule has 0 radical (unpaired) electrons. The molecule has 29 heavy (non-hydrogen) atoms. The molecule has 1 unspecified atom stereocenters. The lowest BCUT2D eigenvalue weighted by atomic mass is 10.2. The average Bonchev–Trinajstić information content (AvgIpc) is 3.23. The quantitative estimate of drug-likeness (QED) is 0.458. The summed E-state index contributed by atoms with van der Waals surface area (Å²) in [5.74, 6) is 0.296. The van der Waals surface area contributed by atoms with Gasteiger partial charge in [0.1, 0.15) is 12.6 Å². The first-order valence-corrected chi connectivity index (χ1v) is 10.5. The van der Waals surface area contributed by atoms with Gasteiger partial charge in [-0.05, 0) is 36.4 Å². The maximum absolute atomic E-state index is 13.8. The predicted octanol–water partition coefficient (Wildman–Crippen LogP) is 2.91. The monoisotopic (exact) mass is 420 g/mol. The Hall–Kier alpha value is -2.61. The minimum atomic E-state index is -0.384. The van der Waals surface area contributed by atoms with Crippen LogP contribution >= 0.6 is 11.3 Å². The third-order valence-corrected chi connectivity index (χ3v) is 5.13. The van der Waals surface area contributed by atoms with Gasteiger partial charge in [-0.25, -0.2) is 9.38 Å². The molecular weight excluding hydrogens is 391 g/mol. The highest BCUT2D eigenvalue weighted by molar-refractivity contribution is 7.09. The van der Waals surface area contributed by atoms with E-state index in [0.29, 0.717) is 25.5 Å². The normalized spacial score (nSPS) is 12.3. The van der Waals surface area contributed by atoms with Gasteiger partial charge in [-0.2, -0.15) is 0 Å². The molecule has 1 aromatic heterocycles. The van der Waals surface area contributed by atoms with E-state index >= 15 is 0 Å². The number of thiophene rings is 1. The summed E-state index contributed by atoms with van der Waals surface area (Å²) < 4.78 is 19.6. The first kappa shape index (κ1) is 22.7. The van der Waals surface area contributed by atoms with Gasteiger partial charge < -0.3 is 20.3 Å². The molecule has 6 nitrogen and oxygen atoms in total. The van der Waals surface area contributed by atoms with Crippen LogP contribution in [0.4, 0.5) is 4.39 Å².